The Morgan fingerprint density at radius 2 is 2.18 bits per heavy atom. The van der Waals surface area contributed by atoms with E-state index in [-0.39, 0.29) is 11.2 Å². The smallest absolute Gasteiger partial charge is 0.251 e. The largest absolute Gasteiger partial charge is 0.351 e. The minimum absolute atomic E-state index is 0.0357. The molecule has 1 N–H and O–H groups in total. The average molecular weight is 318 g/mol. The van der Waals surface area contributed by atoms with Crippen molar-refractivity contribution >= 4 is 32.6 Å². The Labute approximate surface area is 113 Å². The molecular formula is C12H16BrNO2S. The summed E-state index contributed by atoms with van der Waals surface area (Å²) in [7, 11) is -0.917. The summed E-state index contributed by atoms with van der Waals surface area (Å²) < 4.78 is 12.0. The third-order valence-corrected chi connectivity index (χ3v) is 4.35. The second-order valence-electron chi connectivity index (χ2n) is 3.98. The molecule has 2 atom stereocenters. The maximum Gasteiger partial charge on any atom is 0.251 e. The summed E-state index contributed by atoms with van der Waals surface area (Å²) in [4.78, 5) is 11.9. The summed E-state index contributed by atoms with van der Waals surface area (Å²) in [6, 6.07) is 5.58. The van der Waals surface area contributed by atoms with Crippen LogP contribution in [0.3, 0.4) is 0 Å². The molecule has 0 aromatic heterocycles. The first-order valence-electron chi connectivity index (χ1n) is 5.28. The molecule has 1 aromatic carbocycles. The van der Waals surface area contributed by atoms with E-state index in [1.54, 1.807) is 12.3 Å². The summed E-state index contributed by atoms with van der Waals surface area (Å²) in [6.07, 6.45) is 1.64. The molecular weight excluding hydrogens is 302 g/mol. The van der Waals surface area contributed by atoms with Crippen molar-refractivity contribution in [2.24, 2.45) is 0 Å². The van der Waals surface area contributed by atoms with Crippen LogP contribution in [0.5, 0.6) is 0 Å². The van der Waals surface area contributed by atoms with Crippen LogP contribution in [0, 0.1) is 6.92 Å². The normalized spacial score (nSPS) is 14.1. The molecule has 0 saturated heterocycles. The molecule has 0 bridgehead atoms. The summed E-state index contributed by atoms with van der Waals surface area (Å²) >= 11 is 3.34. The predicted molar refractivity (Wildman–Crippen MR) is 74.7 cm³/mol. The lowest BCUT2D eigenvalue weighted by Crippen LogP contribution is -2.32. The molecule has 0 spiro atoms. The van der Waals surface area contributed by atoms with E-state index in [1.807, 2.05) is 26.0 Å². The fourth-order valence-electron chi connectivity index (χ4n) is 1.29. The van der Waals surface area contributed by atoms with Crippen molar-refractivity contribution in [3.8, 4) is 0 Å². The van der Waals surface area contributed by atoms with Crippen LogP contribution >= 0.6 is 15.9 Å². The van der Waals surface area contributed by atoms with Crippen molar-refractivity contribution in [2.75, 3.05) is 12.8 Å². The number of rotatable bonds is 4. The van der Waals surface area contributed by atoms with Crippen LogP contribution in [-0.2, 0) is 10.8 Å². The molecule has 1 rings (SSSR count). The van der Waals surface area contributed by atoms with E-state index in [2.05, 4.69) is 21.2 Å². The van der Waals surface area contributed by atoms with Crippen molar-refractivity contribution in [1.82, 2.24) is 5.32 Å². The Hall–Kier alpha value is -0.680. The molecule has 0 aliphatic carbocycles. The quantitative estimate of drug-likeness (QED) is 0.925. The molecule has 0 radical (unpaired) electrons. The molecule has 0 saturated carbocycles. The third-order valence-electron chi connectivity index (χ3n) is 2.56. The minimum Gasteiger partial charge on any atom is -0.351 e. The Morgan fingerprint density at radius 1 is 1.53 bits per heavy atom. The van der Waals surface area contributed by atoms with Crippen LogP contribution in [-0.4, -0.2) is 28.2 Å². The van der Waals surface area contributed by atoms with Crippen molar-refractivity contribution in [3.63, 3.8) is 0 Å². The van der Waals surface area contributed by atoms with Crippen molar-refractivity contribution in [1.29, 1.82) is 0 Å². The van der Waals surface area contributed by atoms with Crippen molar-refractivity contribution in [3.05, 3.63) is 33.8 Å². The number of hydrogen-bond donors (Lipinski definition) is 1. The molecule has 1 amide bonds. The van der Waals surface area contributed by atoms with Gasteiger partial charge in [0.15, 0.2) is 0 Å². The zero-order valence-corrected chi connectivity index (χ0v) is 12.5. The van der Waals surface area contributed by atoms with Gasteiger partial charge in [0.25, 0.3) is 5.91 Å². The van der Waals surface area contributed by atoms with Gasteiger partial charge in [0.1, 0.15) is 0 Å². The van der Waals surface area contributed by atoms with Gasteiger partial charge in [-0.05, 0) is 31.5 Å². The number of amides is 1. The van der Waals surface area contributed by atoms with E-state index in [4.69, 9.17) is 0 Å². The highest BCUT2D eigenvalue weighted by molar-refractivity contribution is 9.10. The zero-order chi connectivity index (χ0) is 13.0. The second kappa shape index (κ2) is 6.31. The van der Waals surface area contributed by atoms with Gasteiger partial charge in [-0.15, -0.1) is 0 Å². The third kappa shape index (κ3) is 4.24. The van der Waals surface area contributed by atoms with E-state index in [9.17, 15) is 9.00 Å². The van der Waals surface area contributed by atoms with Gasteiger partial charge >= 0.3 is 0 Å². The standard InChI is InChI=1S/C12H16BrNO2S/c1-8-4-5-10(13)6-11(8)12(15)14-7-9(2)17(3)16/h4-6,9H,7H2,1-3H3,(H,14,15). The highest BCUT2D eigenvalue weighted by atomic mass is 79.9. The summed E-state index contributed by atoms with van der Waals surface area (Å²) in [5, 5.41) is 2.76. The highest BCUT2D eigenvalue weighted by Crippen LogP contribution is 2.15. The predicted octanol–water partition coefficient (Wildman–Crippen LogP) is 2.25. The number of nitrogens with one attached hydrogen (secondary N) is 1. The number of hydrogen-bond acceptors (Lipinski definition) is 2. The van der Waals surface area contributed by atoms with Crippen LogP contribution < -0.4 is 5.32 Å². The van der Waals surface area contributed by atoms with E-state index < -0.39 is 10.8 Å². The topological polar surface area (TPSA) is 46.2 Å². The maximum atomic E-state index is 11.9. The monoisotopic (exact) mass is 317 g/mol. The number of carbonyl (C=O) groups excluding carboxylic acids is 1. The van der Waals surface area contributed by atoms with Crippen LogP contribution in [0.25, 0.3) is 0 Å². The van der Waals surface area contributed by atoms with Gasteiger partial charge < -0.3 is 5.32 Å². The molecule has 2 unspecified atom stereocenters. The van der Waals surface area contributed by atoms with Crippen LogP contribution in [0.2, 0.25) is 0 Å². The molecule has 5 heteroatoms. The average Bonchev–Trinajstić information content (AvgIpc) is 2.28. The van der Waals surface area contributed by atoms with Gasteiger partial charge in [-0.2, -0.15) is 0 Å². The molecule has 94 valence electrons. The lowest BCUT2D eigenvalue weighted by Gasteiger charge is -2.11. The summed E-state index contributed by atoms with van der Waals surface area (Å²) in [5.74, 6) is -0.124. The molecule has 0 aliphatic rings. The number of halogens is 1. The fourth-order valence-corrected chi connectivity index (χ4v) is 1.97. The Morgan fingerprint density at radius 3 is 2.76 bits per heavy atom. The van der Waals surface area contributed by atoms with Gasteiger partial charge in [0, 0.05) is 38.9 Å². The van der Waals surface area contributed by atoms with Gasteiger partial charge in [-0.3, -0.25) is 9.00 Å². The van der Waals surface area contributed by atoms with Crippen molar-refractivity contribution < 1.29 is 9.00 Å². The molecule has 17 heavy (non-hydrogen) atoms. The number of carbonyl (C=O) groups is 1. The van der Waals surface area contributed by atoms with Gasteiger partial charge in [-0.1, -0.05) is 22.0 Å². The van der Waals surface area contributed by atoms with E-state index >= 15 is 0 Å². The van der Waals surface area contributed by atoms with Crippen LogP contribution in [0.15, 0.2) is 22.7 Å². The Balaban J connectivity index is 2.70. The minimum atomic E-state index is -0.917. The fraction of sp³-hybridized carbons (Fsp3) is 0.417. The summed E-state index contributed by atoms with van der Waals surface area (Å²) in [5.41, 5.74) is 1.57. The summed E-state index contributed by atoms with van der Waals surface area (Å²) in [6.45, 7) is 4.17. The lowest BCUT2D eigenvalue weighted by atomic mass is 10.1. The molecule has 0 fully saturated rings. The molecule has 1 aromatic rings. The zero-order valence-electron chi connectivity index (χ0n) is 10.1. The van der Waals surface area contributed by atoms with E-state index in [1.165, 1.54) is 0 Å². The van der Waals surface area contributed by atoms with Crippen LogP contribution in [0.1, 0.15) is 22.8 Å². The first-order valence-corrected chi connectivity index (χ1v) is 7.70. The lowest BCUT2D eigenvalue weighted by molar-refractivity contribution is 0.0953. The molecule has 3 nitrogen and oxygen atoms in total. The molecule has 0 aliphatic heterocycles. The molecule has 0 heterocycles. The van der Waals surface area contributed by atoms with Gasteiger partial charge in [0.2, 0.25) is 0 Å². The SMILES string of the molecule is Cc1ccc(Br)cc1C(=O)NCC(C)S(C)=O. The van der Waals surface area contributed by atoms with Crippen molar-refractivity contribution in [2.45, 2.75) is 19.1 Å². The first kappa shape index (κ1) is 14.4. The number of benzene rings is 1. The number of aryl methyl sites for hydroxylation is 1. The Bertz CT molecular complexity index is 448. The first-order chi connectivity index (χ1) is 7.91. The second-order valence-corrected chi connectivity index (χ2v) is 6.70. The van der Waals surface area contributed by atoms with Gasteiger partial charge in [0.05, 0.1) is 0 Å². The highest BCUT2D eigenvalue weighted by Gasteiger charge is 2.12. The van der Waals surface area contributed by atoms with Crippen LogP contribution in [0.4, 0.5) is 0 Å². The van der Waals surface area contributed by atoms with E-state index in [0.717, 1.165) is 10.0 Å². The van der Waals surface area contributed by atoms with E-state index in [0.29, 0.717) is 12.1 Å². The maximum absolute atomic E-state index is 11.9. The van der Waals surface area contributed by atoms with Gasteiger partial charge in [-0.25, -0.2) is 0 Å². The Kier molecular flexibility index (Phi) is 5.33.